The van der Waals surface area contributed by atoms with E-state index in [9.17, 15) is 18.8 Å². The summed E-state index contributed by atoms with van der Waals surface area (Å²) in [5.74, 6) is -2.21. The summed E-state index contributed by atoms with van der Waals surface area (Å²) in [5.41, 5.74) is 0.223. The molecule has 1 aromatic heterocycles. The first-order chi connectivity index (χ1) is 12.8. The van der Waals surface area contributed by atoms with Gasteiger partial charge in [-0.3, -0.25) is 19.3 Å². The van der Waals surface area contributed by atoms with Crippen LogP contribution in [0.15, 0.2) is 36.5 Å². The van der Waals surface area contributed by atoms with Gasteiger partial charge < -0.3 is 9.88 Å². The molecule has 1 N–H and O–H groups in total. The van der Waals surface area contributed by atoms with E-state index in [1.807, 2.05) is 13.8 Å². The molecule has 1 aliphatic rings. The van der Waals surface area contributed by atoms with Crippen molar-refractivity contribution in [3.63, 3.8) is 0 Å². The Morgan fingerprint density at radius 3 is 2.41 bits per heavy atom. The van der Waals surface area contributed by atoms with Crippen LogP contribution >= 0.6 is 11.6 Å². The Labute approximate surface area is 160 Å². The maximum atomic E-state index is 14.5. The molecule has 1 saturated heterocycles. The summed E-state index contributed by atoms with van der Waals surface area (Å²) in [5, 5.41) is 2.64. The van der Waals surface area contributed by atoms with Crippen molar-refractivity contribution >= 4 is 29.3 Å². The Balaban J connectivity index is 2.03. The second kappa shape index (κ2) is 7.52. The van der Waals surface area contributed by atoms with Crippen LogP contribution in [0.25, 0.3) is 0 Å². The van der Waals surface area contributed by atoms with Gasteiger partial charge in [0.1, 0.15) is 17.7 Å². The highest BCUT2D eigenvalue weighted by Gasteiger charge is 2.39. The minimum Gasteiger partial charge on any atom is -0.341 e. The van der Waals surface area contributed by atoms with Crippen LogP contribution in [0.3, 0.4) is 0 Å². The van der Waals surface area contributed by atoms with Crippen LogP contribution in [0.5, 0.6) is 0 Å². The van der Waals surface area contributed by atoms with E-state index in [1.54, 1.807) is 22.9 Å². The van der Waals surface area contributed by atoms with Crippen molar-refractivity contribution < 1.29 is 18.8 Å². The lowest BCUT2D eigenvalue weighted by Crippen LogP contribution is -2.45. The van der Waals surface area contributed by atoms with Crippen LogP contribution in [-0.4, -0.2) is 27.2 Å². The van der Waals surface area contributed by atoms with Gasteiger partial charge in [0.2, 0.25) is 11.8 Å². The third kappa shape index (κ3) is 3.60. The molecule has 3 rings (SSSR count). The monoisotopic (exact) mass is 391 g/mol. The number of benzene rings is 1. The zero-order chi connectivity index (χ0) is 19.7. The second-order valence-electron chi connectivity index (χ2n) is 6.56. The van der Waals surface area contributed by atoms with Gasteiger partial charge in [-0.2, -0.15) is 0 Å². The van der Waals surface area contributed by atoms with Gasteiger partial charge in [0.05, 0.1) is 5.02 Å². The lowest BCUT2D eigenvalue weighted by Gasteiger charge is -2.28. The first-order valence-corrected chi connectivity index (χ1v) is 8.95. The predicted molar refractivity (Wildman–Crippen MR) is 97.5 cm³/mol. The topological polar surface area (TPSA) is 71.4 Å². The number of nitrogens with one attached hydrogen (secondary N) is 1. The zero-order valence-electron chi connectivity index (χ0n) is 14.9. The van der Waals surface area contributed by atoms with Crippen LogP contribution in [0.1, 0.15) is 54.9 Å². The highest BCUT2D eigenvalue weighted by Crippen LogP contribution is 2.32. The number of halogens is 2. The molecule has 2 aromatic rings. The number of rotatable bonds is 5. The quantitative estimate of drug-likeness (QED) is 0.793. The zero-order valence-corrected chi connectivity index (χ0v) is 15.7. The second-order valence-corrected chi connectivity index (χ2v) is 6.97. The molecular formula is C19H19ClFN3O3. The van der Waals surface area contributed by atoms with Gasteiger partial charge in [-0.05, 0) is 38.1 Å². The van der Waals surface area contributed by atoms with Crippen LogP contribution in [0, 0.1) is 5.82 Å². The fourth-order valence-electron chi connectivity index (χ4n) is 3.15. The van der Waals surface area contributed by atoms with E-state index >= 15 is 0 Å². The fraction of sp³-hybridized carbons (Fsp3) is 0.316. The van der Waals surface area contributed by atoms with Gasteiger partial charge in [0, 0.05) is 30.6 Å². The standard InChI is InChI=1S/C19H19ClFN3O3/c1-11(2)23-10-4-7-14(23)19(27)22-18(24-15(25)8-9-16(24)26)17-12(20)5-3-6-13(17)21/h3-7,10-11,18H,8-9H2,1-2H3,(H,22,27). The Hall–Kier alpha value is -2.67. The summed E-state index contributed by atoms with van der Waals surface area (Å²) in [7, 11) is 0. The van der Waals surface area contributed by atoms with E-state index in [0.29, 0.717) is 5.69 Å². The van der Waals surface area contributed by atoms with E-state index in [2.05, 4.69) is 5.32 Å². The molecule has 2 heterocycles. The number of hydrogen-bond donors (Lipinski definition) is 1. The molecule has 1 unspecified atom stereocenters. The minimum absolute atomic E-state index is 0.0135. The van der Waals surface area contributed by atoms with E-state index < -0.39 is 29.7 Å². The van der Waals surface area contributed by atoms with Crippen molar-refractivity contribution in [2.24, 2.45) is 0 Å². The Bertz CT molecular complexity index is 873. The van der Waals surface area contributed by atoms with E-state index in [4.69, 9.17) is 11.6 Å². The molecule has 1 aliphatic heterocycles. The Morgan fingerprint density at radius 1 is 1.15 bits per heavy atom. The number of carbonyl (C=O) groups is 3. The van der Waals surface area contributed by atoms with Crippen LogP contribution in [-0.2, 0) is 9.59 Å². The first-order valence-electron chi connectivity index (χ1n) is 8.57. The molecule has 8 heteroatoms. The van der Waals surface area contributed by atoms with Gasteiger partial charge in [0.25, 0.3) is 5.91 Å². The Morgan fingerprint density at radius 2 is 1.81 bits per heavy atom. The van der Waals surface area contributed by atoms with Gasteiger partial charge in [-0.25, -0.2) is 4.39 Å². The number of likely N-dealkylation sites (tertiary alicyclic amines) is 1. The van der Waals surface area contributed by atoms with E-state index in [-0.39, 0.29) is 29.5 Å². The molecule has 142 valence electrons. The number of nitrogens with zero attached hydrogens (tertiary/aromatic N) is 2. The highest BCUT2D eigenvalue weighted by molar-refractivity contribution is 6.31. The first kappa shape index (κ1) is 19.1. The molecule has 1 fully saturated rings. The summed E-state index contributed by atoms with van der Waals surface area (Å²) in [4.78, 5) is 38.2. The summed E-state index contributed by atoms with van der Waals surface area (Å²) in [6, 6.07) is 7.38. The highest BCUT2D eigenvalue weighted by atomic mass is 35.5. The molecule has 0 saturated carbocycles. The molecule has 27 heavy (non-hydrogen) atoms. The van der Waals surface area contributed by atoms with E-state index in [0.717, 1.165) is 4.90 Å². The number of imide groups is 1. The molecule has 6 nitrogen and oxygen atoms in total. The number of carbonyl (C=O) groups excluding carboxylic acids is 3. The normalized spacial score (nSPS) is 15.5. The van der Waals surface area contributed by atoms with E-state index in [1.165, 1.54) is 18.2 Å². The predicted octanol–water partition coefficient (Wildman–Crippen LogP) is 3.44. The Kier molecular flexibility index (Phi) is 5.32. The fourth-order valence-corrected chi connectivity index (χ4v) is 3.42. The molecule has 0 bridgehead atoms. The largest absolute Gasteiger partial charge is 0.341 e. The summed E-state index contributed by atoms with van der Waals surface area (Å²) < 4.78 is 16.3. The molecule has 1 aromatic carbocycles. The van der Waals surface area contributed by atoms with Crippen molar-refractivity contribution in [1.82, 2.24) is 14.8 Å². The number of aromatic nitrogens is 1. The summed E-state index contributed by atoms with van der Waals surface area (Å²) >= 11 is 6.14. The van der Waals surface area contributed by atoms with Gasteiger partial charge in [-0.15, -0.1) is 0 Å². The smallest absolute Gasteiger partial charge is 0.269 e. The SMILES string of the molecule is CC(C)n1cccc1C(=O)NC(c1c(F)cccc1Cl)N1C(=O)CCC1=O. The average molecular weight is 392 g/mol. The van der Waals surface area contributed by atoms with Crippen LogP contribution < -0.4 is 5.32 Å². The summed E-state index contributed by atoms with van der Waals surface area (Å²) in [6.45, 7) is 3.82. The number of hydrogen-bond acceptors (Lipinski definition) is 3. The lowest BCUT2D eigenvalue weighted by molar-refractivity contribution is -0.141. The van der Waals surface area contributed by atoms with Crippen molar-refractivity contribution in [3.8, 4) is 0 Å². The maximum Gasteiger partial charge on any atom is 0.269 e. The third-order valence-corrected chi connectivity index (χ3v) is 4.79. The molecular weight excluding hydrogens is 373 g/mol. The van der Waals surface area contributed by atoms with Gasteiger partial charge in [0.15, 0.2) is 0 Å². The van der Waals surface area contributed by atoms with Crippen LogP contribution in [0.4, 0.5) is 4.39 Å². The van der Waals surface area contributed by atoms with Crippen molar-refractivity contribution in [3.05, 3.63) is 58.6 Å². The third-order valence-electron chi connectivity index (χ3n) is 4.46. The van der Waals surface area contributed by atoms with Crippen molar-refractivity contribution in [2.45, 2.75) is 38.9 Å². The molecule has 0 radical (unpaired) electrons. The lowest BCUT2D eigenvalue weighted by atomic mass is 10.1. The van der Waals surface area contributed by atoms with Crippen molar-refractivity contribution in [2.75, 3.05) is 0 Å². The molecule has 1 atom stereocenters. The average Bonchev–Trinajstić information content (AvgIpc) is 3.21. The minimum atomic E-state index is -1.32. The molecule has 0 aliphatic carbocycles. The molecule has 0 spiro atoms. The maximum absolute atomic E-state index is 14.5. The van der Waals surface area contributed by atoms with Crippen molar-refractivity contribution in [1.29, 1.82) is 0 Å². The summed E-state index contributed by atoms with van der Waals surface area (Å²) in [6.07, 6.45) is 0.458. The van der Waals surface area contributed by atoms with Crippen LogP contribution in [0.2, 0.25) is 5.02 Å². The molecule has 3 amide bonds. The van der Waals surface area contributed by atoms with Gasteiger partial charge in [-0.1, -0.05) is 17.7 Å². The van der Waals surface area contributed by atoms with Gasteiger partial charge >= 0.3 is 0 Å². The number of amides is 3.